The van der Waals surface area contributed by atoms with Crippen molar-refractivity contribution < 1.29 is 23.9 Å². The number of nitrogens with zero attached hydrogens (tertiary/aromatic N) is 2. The quantitative estimate of drug-likeness (QED) is 0.184. The topological polar surface area (TPSA) is 143 Å². The summed E-state index contributed by atoms with van der Waals surface area (Å²) in [4.78, 5) is 42.0. The zero-order valence-electron chi connectivity index (χ0n) is 23.1. The maximum atomic E-state index is 13.6. The summed E-state index contributed by atoms with van der Waals surface area (Å²) in [5.41, 5.74) is 4.21. The number of H-pyrrole nitrogens is 2. The zero-order chi connectivity index (χ0) is 30.7. The summed E-state index contributed by atoms with van der Waals surface area (Å²) in [6.07, 6.45) is 4.72. The van der Waals surface area contributed by atoms with Gasteiger partial charge >= 0.3 is 0 Å². The van der Waals surface area contributed by atoms with Gasteiger partial charge in [0.2, 0.25) is 11.8 Å². The van der Waals surface area contributed by atoms with Crippen molar-refractivity contribution in [1.82, 2.24) is 30.7 Å². The smallest absolute Gasteiger partial charge is 0.268 e. The Balaban J connectivity index is 1.27. The van der Waals surface area contributed by atoms with E-state index in [2.05, 4.69) is 25.8 Å². The van der Waals surface area contributed by atoms with Gasteiger partial charge in [0.25, 0.3) is 5.91 Å². The Morgan fingerprint density at radius 2 is 1.95 bits per heavy atom. The third-order valence-corrected chi connectivity index (χ3v) is 8.11. The number of carbonyl (C=O) groups excluding carboxylic acids is 3. The number of nitrogens with one attached hydrogen (secondary N) is 4. The maximum Gasteiger partial charge on any atom is 0.268 e. The zero-order valence-corrected chi connectivity index (χ0v) is 24.6. The molecule has 2 atom stereocenters. The molecule has 2 aromatic carbocycles. The first-order valence-corrected chi connectivity index (χ1v) is 14.3. The van der Waals surface area contributed by atoms with E-state index < -0.39 is 30.4 Å². The van der Waals surface area contributed by atoms with E-state index in [0.29, 0.717) is 34.8 Å². The van der Waals surface area contributed by atoms with Crippen molar-refractivity contribution in [1.29, 1.82) is 0 Å². The highest BCUT2D eigenvalue weighted by Crippen LogP contribution is 2.33. The molecule has 3 heterocycles. The van der Waals surface area contributed by atoms with E-state index in [9.17, 15) is 23.9 Å². The van der Waals surface area contributed by atoms with Gasteiger partial charge in [-0.2, -0.15) is 5.10 Å². The normalized spacial score (nSPS) is 15.4. The molecule has 10 nitrogen and oxygen atoms in total. The molecule has 0 saturated carbocycles. The van der Waals surface area contributed by atoms with E-state index in [0.717, 1.165) is 23.1 Å². The third kappa shape index (κ3) is 6.58. The fraction of sp³-hybridized carbons (Fsp3) is 0.267. The van der Waals surface area contributed by atoms with Crippen LogP contribution in [-0.4, -0.2) is 62.1 Å². The second kappa shape index (κ2) is 13.0. The SMILES string of the molecule is CC(=O)N1CCC[C@H]1C(=O)NCc1ccc(-c2cn[nH]c2-c2c[nH]c(C(=O)N[C@H](CO)c3ccc(F)c(Cl)c3)c2)cc1Cl. The summed E-state index contributed by atoms with van der Waals surface area (Å²) in [5.74, 6) is -1.40. The number of hydrogen-bond donors (Lipinski definition) is 5. The number of likely N-dealkylation sites (tertiary alicyclic amines) is 1. The van der Waals surface area contributed by atoms with Crippen molar-refractivity contribution >= 4 is 40.9 Å². The lowest BCUT2D eigenvalue weighted by Gasteiger charge is -2.22. The lowest BCUT2D eigenvalue weighted by atomic mass is 10.0. The number of aromatic nitrogens is 3. The van der Waals surface area contributed by atoms with E-state index in [-0.39, 0.29) is 29.1 Å². The molecule has 0 radical (unpaired) electrons. The number of amides is 3. The molecule has 1 aliphatic heterocycles. The first-order chi connectivity index (χ1) is 20.7. The molecule has 0 aliphatic carbocycles. The first kappa shape index (κ1) is 30.3. The number of rotatable bonds is 9. The minimum atomic E-state index is -0.795. The van der Waals surface area contributed by atoms with Crippen molar-refractivity contribution in [3.05, 3.63) is 87.5 Å². The number of halogens is 3. The van der Waals surface area contributed by atoms with Gasteiger partial charge in [-0.05, 0) is 53.8 Å². The van der Waals surface area contributed by atoms with E-state index in [1.165, 1.54) is 25.1 Å². The second-order valence-corrected chi connectivity index (χ2v) is 11.1. The van der Waals surface area contributed by atoms with Crippen LogP contribution in [0.2, 0.25) is 10.0 Å². The molecule has 3 amide bonds. The number of benzene rings is 2. The van der Waals surface area contributed by atoms with Gasteiger partial charge in [0, 0.05) is 42.4 Å². The van der Waals surface area contributed by atoms with E-state index in [1.807, 2.05) is 12.1 Å². The number of aromatic amines is 2. The molecule has 1 fully saturated rings. The van der Waals surface area contributed by atoms with Crippen LogP contribution in [0.1, 0.15) is 47.4 Å². The Morgan fingerprint density at radius 1 is 1.14 bits per heavy atom. The van der Waals surface area contributed by atoms with Gasteiger partial charge in [-0.1, -0.05) is 41.4 Å². The number of carbonyl (C=O) groups is 3. The average Bonchev–Trinajstić information content (AvgIpc) is 3.77. The molecule has 0 spiro atoms. The largest absolute Gasteiger partial charge is 0.394 e. The molecule has 13 heteroatoms. The van der Waals surface area contributed by atoms with Crippen molar-refractivity contribution in [2.24, 2.45) is 0 Å². The molecule has 0 bridgehead atoms. The third-order valence-electron chi connectivity index (χ3n) is 7.47. The van der Waals surface area contributed by atoms with Crippen LogP contribution in [0.5, 0.6) is 0 Å². The summed E-state index contributed by atoms with van der Waals surface area (Å²) in [6, 6.07) is 9.81. The molecule has 2 aromatic heterocycles. The average molecular weight is 628 g/mol. The van der Waals surface area contributed by atoms with Crippen molar-refractivity contribution in [3.8, 4) is 22.4 Å². The van der Waals surface area contributed by atoms with Gasteiger partial charge in [0.1, 0.15) is 17.6 Å². The summed E-state index contributed by atoms with van der Waals surface area (Å²) in [6.45, 7) is 1.85. The van der Waals surface area contributed by atoms with Crippen molar-refractivity contribution in [2.75, 3.05) is 13.2 Å². The maximum absolute atomic E-state index is 13.6. The highest BCUT2D eigenvalue weighted by Gasteiger charge is 2.32. The van der Waals surface area contributed by atoms with Gasteiger partial charge in [0.05, 0.1) is 29.6 Å². The molecule has 1 saturated heterocycles. The Kier molecular flexibility index (Phi) is 9.14. The first-order valence-electron chi connectivity index (χ1n) is 13.6. The summed E-state index contributed by atoms with van der Waals surface area (Å²) < 4.78 is 13.6. The van der Waals surface area contributed by atoms with Crippen LogP contribution in [0, 0.1) is 5.82 Å². The summed E-state index contributed by atoms with van der Waals surface area (Å²) in [7, 11) is 0. The van der Waals surface area contributed by atoms with Crippen molar-refractivity contribution in [2.45, 2.75) is 38.4 Å². The monoisotopic (exact) mass is 626 g/mol. The van der Waals surface area contributed by atoms with Gasteiger partial charge in [0.15, 0.2) is 0 Å². The predicted octanol–water partition coefficient (Wildman–Crippen LogP) is 4.61. The van der Waals surface area contributed by atoms with E-state index >= 15 is 0 Å². The molecule has 1 aliphatic rings. The number of aliphatic hydroxyl groups is 1. The number of hydrogen-bond acceptors (Lipinski definition) is 5. The Morgan fingerprint density at radius 3 is 2.67 bits per heavy atom. The molecule has 4 aromatic rings. The Bertz CT molecular complexity index is 1670. The highest BCUT2D eigenvalue weighted by atomic mass is 35.5. The van der Waals surface area contributed by atoms with Crippen LogP contribution in [0.4, 0.5) is 4.39 Å². The minimum absolute atomic E-state index is 0.109. The summed E-state index contributed by atoms with van der Waals surface area (Å²) >= 11 is 12.4. The lowest BCUT2D eigenvalue weighted by Crippen LogP contribution is -2.44. The second-order valence-electron chi connectivity index (χ2n) is 10.2. The Labute approximate surface area is 256 Å². The lowest BCUT2D eigenvalue weighted by molar-refractivity contribution is -0.136. The standard InChI is InChI=1S/C30H29Cl2FN6O4/c1-16(41)39-8-2-3-27(39)30(43)35-12-19-5-4-17(9-22(19)31)21-14-36-38-28(21)20-11-25(34-13-20)29(42)37-26(15-40)18-6-7-24(33)23(32)10-18/h4-7,9-11,13-14,26-27,34,40H,2-3,8,12,15H2,1H3,(H,35,43)(H,36,38)(H,37,42)/t26-,27+/m1/s1. The summed E-state index contributed by atoms with van der Waals surface area (Å²) in [5, 5.41) is 22.9. The van der Waals surface area contributed by atoms with Crippen LogP contribution in [0.15, 0.2) is 54.9 Å². The minimum Gasteiger partial charge on any atom is -0.394 e. The van der Waals surface area contributed by atoms with Gasteiger partial charge < -0.3 is 25.6 Å². The fourth-order valence-corrected chi connectivity index (χ4v) is 5.61. The van der Waals surface area contributed by atoms with Crippen LogP contribution < -0.4 is 10.6 Å². The van der Waals surface area contributed by atoms with Crippen LogP contribution in [0.3, 0.4) is 0 Å². The highest BCUT2D eigenvalue weighted by molar-refractivity contribution is 6.31. The van der Waals surface area contributed by atoms with Gasteiger partial charge in [-0.3, -0.25) is 19.5 Å². The fourth-order valence-electron chi connectivity index (χ4n) is 5.17. The Hall–Kier alpha value is -4.19. The molecule has 0 unspecified atom stereocenters. The van der Waals surface area contributed by atoms with Crippen LogP contribution in [-0.2, 0) is 16.1 Å². The molecule has 5 rings (SSSR count). The number of aliphatic hydroxyl groups excluding tert-OH is 1. The molecule has 43 heavy (non-hydrogen) atoms. The molecular formula is C30H29Cl2FN6O4. The van der Waals surface area contributed by atoms with Crippen LogP contribution >= 0.6 is 23.2 Å². The van der Waals surface area contributed by atoms with Gasteiger partial charge in [-0.25, -0.2) is 4.39 Å². The molecular weight excluding hydrogens is 598 g/mol. The van der Waals surface area contributed by atoms with Crippen LogP contribution in [0.25, 0.3) is 22.4 Å². The predicted molar refractivity (Wildman–Crippen MR) is 160 cm³/mol. The molecule has 5 N–H and O–H groups in total. The van der Waals surface area contributed by atoms with Crippen molar-refractivity contribution in [3.63, 3.8) is 0 Å². The van der Waals surface area contributed by atoms with Gasteiger partial charge in [-0.15, -0.1) is 0 Å². The van der Waals surface area contributed by atoms with E-state index in [4.69, 9.17) is 23.2 Å². The molecule has 224 valence electrons. The van der Waals surface area contributed by atoms with E-state index in [1.54, 1.807) is 29.4 Å².